The second-order valence-electron chi connectivity index (χ2n) is 18.3. The van der Waals surface area contributed by atoms with Crippen LogP contribution in [0, 0.1) is 11.8 Å². The first kappa shape index (κ1) is 46.9. The van der Waals surface area contributed by atoms with Crippen LogP contribution in [0.1, 0.15) is 107 Å². The van der Waals surface area contributed by atoms with Gasteiger partial charge < -0.3 is 38.6 Å². The molecule has 2 aromatic heterocycles. The molecule has 64 heavy (non-hydrogen) atoms. The van der Waals surface area contributed by atoms with Crippen molar-refractivity contribution < 1.29 is 51.1 Å². The van der Waals surface area contributed by atoms with Crippen molar-refractivity contribution in [3.05, 3.63) is 79.1 Å². The Hall–Kier alpha value is -3.57. The summed E-state index contributed by atoms with van der Waals surface area (Å²) in [5, 5.41) is 21.6. The van der Waals surface area contributed by atoms with Crippen LogP contribution in [0.15, 0.2) is 45.4 Å². The van der Waals surface area contributed by atoms with Crippen molar-refractivity contribution in [1.82, 2.24) is 20.5 Å². The number of carbonyl (C=O) groups excluding carboxylic acids is 1. The van der Waals surface area contributed by atoms with Gasteiger partial charge in [-0.05, 0) is 102 Å². The fraction of sp³-hybridized carbons (Fsp3) is 0.556. The topological polar surface area (TPSA) is 149 Å². The first-order valence-electron chi connectivity index (χ1n) is 21.5. The Morgan fingerprint density at radius 3 is 1.59 bits per heavy atom. The van der Waals surface area contributed by atoms with E-state index in [-0.39, 0.29) is 18.2 Å². The number of hydrogen-bond acceptors (Lipinski definition) is 10. The number of hydrogen-bond donors (Lipinski definition) is 2. The number of aliphatic carboxylic acids is 1. The number of amides is 1. The number of ether oxygens (including phenoxy) is 3. The van der Waals surface area contributed by atoms with E-state index in [0.717, 1.165) is 85.4 Å². The average Bonchev–Trinajstić information content (AvgIpc) is 3.85. The molecule has 2 aliphatic heterocycles. The van der Waals surface area contributed by atoms with Crippen LogP contribution >= 0.6 is 46.4 Å². The number of carboxylic acids is 1. The summed E-state index contributed by atoms with van der Waals surface area (Å²) in [5.41, 5.74) is 4.31. The van der Waals surface area contributed by atoms with Crippen LogP contribution in [0.5, 0.6) is 0 Å². The van der Waals surface area contributed by atoms with Gasteiger partial charge in [0.15, 0.2) is 0 Å². The minimum atomic E-state index is -5.08. The molecule has 4 heterocycles. The van der Waals surface area contributed by atoms with Gasteiger partial charge in [0, 0.05) is 65.2 Å². The molecule has 6 aliphatic rings. The van der Waals surface area contributed by atoms with Gasteiger partial charge in [0.25, 0.3) is 0 Å². The van der Waals surface area contributed by atoms with Gasteiger partial charge in [-0.25, -0.2) is 9.59 Å². The molecule has 6 atom stereocenters. The average molecular weight is 973 g/mol. The number of rotatable bonds is 10. The molecule has 2 saturated heterocycles. The van der Waals surface area contributed by atoms with E-state index in [4.69, 9.17) is 79.6 Å². The maximum absolute atomic E-state index is 12.5. The van der Waals surface area contributed by atoms with Crippen LogP contribution in [-0.4, -0.2) is 81.5 Å². The highest BCUT2D eigenvalue weighted by Gasteiger charge is 2.49. The van der Waals surface area contributed by atoms with E-state index >= 15 is 0 Å². The van der Waals surface area contributed by atoms with Crippen molar-refractivity contribution in [1.29, 1.82) is 0 Å². The third-order valence-corrected chi connectivity index (χ3v) is 13.7. The highest BCUT2D eigenvalue weighted by molar-refractivity contribution is 6.39. The number of nitrogens with zero attached hydrogens (tertiary/aromatic N) is 3. The summed E-state index contributed by atoms with van der Waals surface area (Å²) in [6.45, 7) is 8.33. The standard InChI is InChI=1S/C24H28Cl2N2O4.C19H20Cl2N2O2.C2HF3O2/c1-24(2,3)31-23(29)28-11-14-9-15(28)10-19(14)30-12-16-21(27-32-22(16)13-7-8-13)20-17(25)5-4-6-18(20)26;20-14-2-1-3-15(21)17(14)18-13(19(25-23-18)10-4-5-10)9-24-16-7-12-6-11(16)8-22-12;3-2(4,5)1(6)7/h4-6,13-15,19H,7-12H2,1-3H3;1-3,10-12,16,22H,4-9H2;(H,6,7)/t14-,15-,19+;11-,12-,16+;/m00./s1. The summed E-state index contributed by atoms with van der Waals surface area (Å²) in [6, 6.07) is 11.7. The number of carbonyl (C=O) groups is 2. The zero-order valence-electron chi connectivity index (χ0n) is 35.4. The third-order valence-electron chi connectivity index (χ3n) is 12.5. The molecular weight excluding hydrogens is 923 g/mol. The number of likely N-dealkylation sites (tertiary alicyclic amines) is 1. The first-order valence-corrected chi connectivity index (χ1v) is 23.0. The number of carboxylic acid groups (broad SMARTS) is 1. The minimum Gasteiger partial charge on any atom is -0.475 e. The zero-order chi connectivity index (χ0) is 45.7. The summed E-state index contributed by atoms with van der Waals surface area (Å²) in [4.78, 5) is 23.3. The van der Waals surface area contributed by atoms with E-state index in [1.807, 2.05) is 49.9 Å². The second-order valence-corrected chi connectivity index (χ2v) is 20.0. The van der Waals surface area contributed by atoms with Crippen LogP contribution in [-0.2, 0) is 32.2 Å². The summed E-state index contributed by atoms with van der Waals surface area (Å²) in [6.07, 6.45) is 3.68. The van der Waals surface area contributed by atoms with Gasteiger partial charge in [0.1, 0.15) is 28.5 Å². The predicted octanol–water partition coefficient (Wildman–Crippen LogP) is 11.9. The molecule has 19 heteroatoms. The summed E-state index contributed by atoms with van der Waals surface area (Å²) < 4.78 is 61.5. The largest absolute Gasteiger partial charge is 0.490 e. The number of halogens is 7. The van der Waals surface area contributed by atoms with E-state index < -0.39 is 17.7 Å². The molecule has 12 nitrogen and oxygen atoms in total. The lowest BCUT2D eigenvalue weighted by atomic mass is 10.0. The smallest absolute Gasteiger partial charge is 0.475 e. The zero-order valence-corrected chi connectivity index (χ0v) is 38.4. The van der Waals surface area contributed by atoms with Crippen molar-refractivity contribution in [3.63, 3.8) is 0 Å². The molecule has 0 unspecified atom stereocenters. The number of nitrogens with one attached hydrogen (secondary N) is 1. The van der Waals surface area contributed by atoms with Crippen molar-refractivity contribution in [2.24, 2.45) is 11.8 Å². The molecule has 4 saturated carbocycles. The highest BCUT2D eigenvalue weighted by atomic mass is 35.5. The Balaban J connectivity index is 0.000000156. The fourth-order valence-corrected chi connectivity index (χ4v) is 10.3. The summed E-state index contributed by atoms with van der Waals surface area (Å²) >= 11 is 25.7. The second kappa shape index (κ2) is 19.0. The van der Waals surface area contributed by atoms with E-state index in [1.54, 1.807) is 12.1 Å². The van der Waals surface area contributed by atoms with Gasteiger partial charge in [-0.1, -0.05) is 68.8 Å². The molecule has 4 bridgehead atoms. The molecule has 10 rings (SSSR count). The van der Waals surface area contributed by atoms with E-state index in [9.17, 15) is 18.0 Å². The van der Waals surface area contributed by atoms with Crippen LogP contribution in [0.25, 0.3) is 22.5 Å². The first-order chi connectivity index (χ1) is 30.4. The van der Waals surface area contributed by atoms with Crippen LogP contribution < -0.4 is 5.32 Å². The Kier molecular flexibility index (Phi) is 13.9. The fourth-order valence-electron chi connectivity index (χ4n) is 9.12. The highest BCUT2D eigenvalue weighted by Crippen LogP contribution is 2.49. The van der Waals surface area contributed by atoms with E-state index in [0.29, 0.717) is 86.9 Å². The third kappa shape index (κ3) is 10.7. The van der Waals surface area contributed by atoms with Gasteiger partial charge in [-0.2, -0.15) is 13.2 Å². The van der Waals surface area contributed by atoms with Crippen LogP contribution in [0.2, 0.25) is 20.1 Å². The van der Waals surface area contributed by atoms with Gasteiger partial charge in [-0.3, -0.25) is 0 Å². The van der Waals surface area contributed by atoms with E-state index in [2.05, 4.69) is 15.6 Å². The lowest BCUT2D eigenvalue weighted by Crippen LogP contribution is -2.44. The van der Waals surface area contributed by atoms with Crippen molar-refractivity contribution >= 4 is 58.5 Å². The Labute approximate surface area is 388 Å². The minimum absolute atomic E-state index is 0.0928. The Morgan fingerprint density at radius 2 is 1.23 bits per heavy atom. The van der Waals surface area contributed by atoms with Gasteiger partial charge in [0.05, 0.1) is 45.5 Å². The summed E-state index contributed by atoms with van der Waals surface area (Å²) in [5.74, 6) is 0.863. The van der Waals surface area contributed by atoms with Gasteiger partial charge >= 0.3 is 18.2 Å². The Bertz CT molecular complexity index is 2310. The van der Waals surface area contributed by atoms with Crippen LogP contribution in [0.4, 0.5) is 18.0 Å². The molecule has 346 valence electrons. The van der Waals surface area contributed by atoms with Gasteiger partial charge in [-0.15, -0.1) is 0 Å². The molecule has 1 amide bonds. The molecule has 6 fully saturated rings. The maximum atomic E-state index is 12.5. The Morgan fingerprint density at radius 1 is 0.766 bits per heavy atom. The number of fused-ring (bicyclic) bond motifs is 4. The lowest BCUT2D eigenvalue weighted by molar-refractivity contribution is -0.192. The predicted molar refractivity (Wildman–Crippen MR) is 233 cm³/mol. The SMILES string of the molecule is CC(C)(C)OC(=O)N1C[C@@H]2C[C@H]1C[C@H]2OCc1c(-c2c(Cl)cccc2Cl)noc1C1CC1.Clc1cccc(Cl)c1-c1noc(C2CC2)c1CO[C@@H]1C[C@@H]2C[C@H]1CN2.O=C(O)C(F)(F)F. The van der Waals surface area contributed by atoms with Crippen LogP contribution in [0.3, 0.4) is 0 Å². The van der Waals surface area contributed by atoms with E-state index in [1.165, 1.54) is 6.42 Å². The number of aromatic nitrogens is 2. The molecule has 0 spiro atoms. The molecular formula is C45H49Cl4F3N4O8. The number of piperidine rings is 2. The molecule has 4 aromatic rings. The summed E-state index contributed by atoms with van der Waals surface area (Å²) in [7, 11) is 0. The van der Waals surface area contributed by atoms with Crippen molar-refractivity contribution in [2.45, 2.75) is 133 Å². The number of alkyl halides is 3. The molecule has 4 aliphatic carbocycles. The molecule has 0 radical (unpaired) electrons. The maximum Gasteiger partial charge on any atom is 0.490 e. The molecule has 2 N–H and O–H groups in total. The quantitative estimate of drug-likeness (QED) is 0.156. The van der Waals surface area contributed by atoms with Crippen molar-refractivity contribution in [3.8, 4) is 22.5 Å². The molecule has 2 aromatic carbocycles. The monoisotopic (exact) mass is 970 g/mol. The lowest BCUT2D eigenvalue weighted by Gasteiger charge is -2.33. The van der Waals surface area contributed by atoms with Gasteiger partial charge in [0.2, 0.25) is 0 Å². The normalized spacial score (nSPS) is 24.6. The number of benzene rings is 2. The van der Waals surface area contributed by atoms with Crippen molar-refractivity contribution in [2.75, 3.05) is 13.1 Å².